The van der Waals surface area contributed by atoms with Crippen molar-refractivity contribution in [3.8, 4) is 0 Å². The van der Waals surface area contributed by atoms with Crippen LogP contribution < -0.4 is 0 Å². The highest BCUT2D eigenvalue weighted by atomic mass is 31.1. The molecule has 1 heterocycles. The molecule has 114 valence electrons. The molecule has 0 atom stereocenters. The Morgan fingerprint density at radius 2 is 1.55 bits per heavy atom. The fraction of sp³-hybridized carbons (Fsp3) is 0.381. The maximum atomic E-state index is 2.48. The lowest BCUT2D eigenvalue weighted by atomic mass is 10.0. The van der Waals surface area contributed by atoms with Gasteiger partial charge < -0.3 is 0 Å². The van der Waals surface area contributed by atoms with Crippen LogP contribution in [0.2, 0.25) is 0 Å². The molecule has 1 aromatic rings. The molecule has 0 saturated carbocycles. The van der Waals surface area contributed by atoms with Crippen molar-refractivity contribution in [3.63, 3.8) is 0 Å². The first kappa shape index (κ1) is 15.5. The molecule has 1 aliphatic carbocycles. The second kappa shape index (κ2) is 7.25. The second-order valence-corrected chi connectivity index (χ2v) is 7.41. The minimum absolute atomic E-state index is 1.23. The zero-order valence-corrected chi connectivity index (χ0v) is 14.6. The lowest BCUT2D eigenvalue weighted by Gasteiger charge is -2.03. The summed E-state index contributed by atoms with van der Waals surface area (Å²) in [4.78, 5) is 0. The minimum atomic E-state index is 1.23. The van der Waals surface area contributed by atoms with Crippen LogP contribution in [0.3, 0.4) is 0 Å². The largest absolute Gasteiger partial charge is 0.0654 e. The van der Waals surface area contributed by atoms with E-state index < -0.39 is 0 Å². The van der Waals surface area contributed by atoms with Crippen LogP contribution in [-0.2, 0) is 0 Å². The monoisotopic (exact) mass is 308 g/mol. The molecule has 1 aliphatic heterocycles. The van der Waals surface area contributed by atoms with E-state index in [1.165, 1.54) is 63.4 Å². The summed E-state index contributed by atoms with van der Waals surface area (Å²) >= 11 is 0. The van der Waals surface area contributed by atoms with Crippen molar-refractivity contribution < 1.29 is 0 Å². The average molecular weight is 308 g/mol. The molecule has 1 aromatic carbocycles. The van der Waals surface area contributed by atoms with Gasteiger partial charge in [-0.05, 0) is 65.4 Å². The summed E-state index contributed by atoms with van der Waals surface area (Å²) in [5.74, 6) is 0. The molecule has 1 heteroatoms. The van der Waals surface area contributed by atoms with Crippen LogP contribution in [0, 0.1) is 0 Å². The Morgan fingerprint density at radius 1 is 0.818 bits per heavy atom. The molecule has 0 bridgehead atoms. The van der Waals surface area contributed by atoms with Crippen LogP contribution in [0.5, 0.6) is 0 Å². The van der Waals surface area contributed by atoms with Gasteiger partial charge in [-0.1, -0.05) is 65.2 Å². The van der Waals surface area contributed by atoms with Gasteiger partial charge in [-0.25, -0.2) is 0 Å². The number of fused-ring (bicyclic) bond motifs is 1. The number of unbranched alkanes of at least 4 members (excludes halogenated alkanes) is 2. The Morgan fingerprint density at radius 3 is 2.27 bits per heavy atom. The third kappa shape index (κ3) is 3.18. The van der Waals surface area contributed by atoms with Gasteiger partial charge in [0.05, 0.1) is 0 Å². The Kier molecular flexibility index (Phi) is 5.11. The van der Waals surface area contributed by atoms with E-state index in [0.29, 0.717) is 0 Å². The molecule has 0 aromatic heterocycles. The van der Waals surface area contributed by atoms with Crippen molar-refractivity contribution in [1.82, 2.24) is 0 Å². The highest BCUT2D eigenvalue weighted by molar-refractivity contribution is 7.47. The van der Waals surface area contributed by atoms with E-state index in [-0.39, 0.29) is 0 Å². The summed E-state index contributed by atoms with van der Waals surface area (Å²) in [5.41, 5.74) is 5.90. The predicted octanol–water partition coefficient (Wildman–Crippen LogP) is 6.78. The number of hydrogen-bond donors (Lipinski definition) is 0. The molecule has 2 aliphatic rings. The molecular formula is C21H25P. The molecule has 0 nitrogen and oxygen atoms in total. The van der Waals surface area contributed by atoms with Gasteiger partial charge in [0.15, 0.2) is 0 Å². The van der Waals surface area contributed by atoms with Crippen LogP contribution >= 0.6 is 8.20 Å². The Labute approximate surface area is 136 Å². The van der Waals surface area contributed by atoms with Gasteiger partial charge in [-0.3, -0.25) is 0 Å². The van der Waals surface area contributed by atoms with E-state index in [1.807, 2.05) is 0 Å². The molecule has 0 N–H and O–H groups in total. The standard InChI is InChI=1S/C21H25P/c1-3-5-10-17-14-19(16-11-8-7-9-12-16)20-15-18(13-6-4-2)22-21(17)20/h7-9,11-12,14-15H,3-6,10,13H2,1-2H3. The van der Waals surface area contributed by atoms with Crippen molar-refractivity contribution in [2.45, 2.75) is 52.4 Å². The third-order valence-electron chi connectivity index (χ3n) is 4.41. The van der Waals surface area contributed by atoms with E-state index >= 15 is 0 Å². The summed E-state index contributed by atoms with van der Waals surface area (Å²) in [5, 5.41) is 3.21. The van der Waals surface area contributed by atoms with Crippen molar-refractivity contribution in [2.24, 2.45) is 0 Å². The van der Waals surface area contributed by atoms with Crippen molar-refractivity contribution in [3.05, 3.63) is 64.5 Å². The van der Waals surface area contributed by atoms with Crippen LogP contribution in [0.15, 0.2) is 58.9 Å². The maximum absolute atomic E-state index is 2.48. The first-order valence-corrected chi connectivity index (χ1v) is 9.53. The van der Waals surface area contributed by atoms with Gasteiger partial charge in [0.2, 0.25) is 0 Å². The van der Waals surface area contributed by atoms with Gasteiger partial charge in [0, 0.05) is 5.29 Å². The molecule has 0 saturated heterocycles. The lowest BCUT2D eigenvalue weighted by molar-refractivity contribution is 0.805. The van der Waals surface area contributed by atoms with Crippen LogP contribution in [-0.4, -0.2) is 5.29 Å². The van der Waals surface area contributed by atoms with Crippen LogP contribution in [0.4, 0.5) is 0 Å². The topological polar surface area (TPSA) is 0 Å². The molecular weight excluding hydrogens is 283 g/mol. The van der Waals surface area contributed by atoms with Gasteiger partial charge >= 0.3 is 0 Å². The average Bonchev–Trinajstić information content (AvgIpc) is 3.11. The summed E-state index contributed by atoms with van der Waals surface area (Å²) in [6.45, 7) is 4.56. The molecule has 0 spiro atoms. The normalized spacial score (nSPS) is 17.3. The van der Waals surface area contributed by atoms with Crippen LogP contribution in [0.25, 0.3) is 5.57 Å². The van der Waals surface area contributed by atoms with Gasteiger partial charge in [-0.15, -0.1) is 0 Å². The Balaban J connectivity index is 1.94. The highest BCUT2D eigenvalue weighted by Gasteiger charge is 2.25. The zero-order valence-electron chi connectivity index (χ0n) is 13.7. The SMILES string of the molecule is CCCCC1=CC2=C(c3ccccc3)C=C(CCCC)C2=P1. The number of rotatable bonds is 7. The molecule has 22 heavy (non-hydrogen) atoms. The number of benzene rings is 1. The van der Waals surface area contributed by atoms with Crippen molar-refractivity contribution >= 4 is 19.1 Å². The summed E-state index contributed by atoms with van der Waals surface area (Å²) in [6.07, 6.45) is 12.6. The fourth-order valence-corrected chi connectivity index (χ4v) is 4.52. The zero-order chi connectivity index (χ0) is 15.4. The summed E-state index contributed by atoms with van der Waals surface area (Å²) in [6, 6.07) is 10.9. The van der Waals surface area contributed by atoms with Gasteiger partial charge in [0.25, 0.3) is 0 Å². The van der Waals surface area contributed by atoms with E-state index in [0.717, 1.165) is 0 Å². The van der Waals surface area contributed by atoms with Gasteiger partial charge in [0.1, 0.15) is 0 Å². The van der Waals surface area contributed by atoms with E-state index in [9.17, 15) is 0 Å². The highest BCUT2D eigenvalue weighted by Crippen LogP contribution is 2.44. The minimum Gasteiger partial charge on any atom is -0.0654 e. The molecule has 0 amide bonds. The second-order valence-electron chi connectivity index (χ2n) is 6.17. The summed E-state index contributed by atoms with van der Waals surface area (Å²) < 4.78 is 0. The Bertz CT molecular complexity index is 656. The molecule has 0 unspecified atom stereocenters. The molecule has 0 fully saturated rings. The lowest BCUT2D eigenvalue weighted by Crippen LogP contribution is -1.96. The van der Waals surface area contributed by atoms with Crippen molar-refractivity contribution in [2.75, 3.05) is 0 Å². The summed E-state index contributed by atoms with van der Waals surface area (Å²) in [7, 11) is 1.47. The maximum Gasteiger partial charge on any atom is 0.0132 e. The predicted molar refractivity (Wildman–Crippen MR) is 101 cm³/mol. The smallest absolute Gasteiger partial charge is 0.0132 e. The van der Waals surface area contributed by atoms with E-state index in [1.54, 1.807) is 16.2 Å². The van der Waals surface area contributed by atoms with Crippen molar-refractivity contribution in [1.29, 1.82) is 0 Å². The van der Waals surface area contributed by atoms with E-state index in [4.69, 9.17) is 0 Å². The van der Waals surface area contributed by atoms with Crippen LogP contribution in [0.1, 0.15) is 57.9 Å². The first-order chi connectivity index (χ1) is 10.8. The first-order valence-electron chi connectivity index (χ1n) is 8.63. The third-order valence-corrected chi connectivity index (χ3v) is 5.80. The van der Waals surface area contributed by atoms with Gasteiger partial charge in [-0.2, -0.15) is 0 Å². The molecule has 0 radical (unpaired) electrons. The Hall–Kier alpha value is -1.39. The number of hydrogen-bond acceptors (Lipinski definition) is 0. The molecule has 3 rings (SSSR count). The quantitative estimate of drug-likeness (QED) is 0.487. The number of allylic oxidation sites excluding steroid dienone is 6. The fourth-order valence-electron chi connectivity index (χ4n) is 3.14. The van der Waals surface area contributed by atoms with E-state index in [2.05, 4.69) is 56.3 Å².